The van der Waals surface area contributed by atoms with E-state index in [2.05, 4.69) is 22.0 Å². The molecule has 0 bridgehead atoms. The Labute approximate surface area is 189 Å². The average molecular weight is 446 g/mol. The van der Waals surface area contributed by atoms with Gasteiger partial charge in [0.25, 0.3) is 0 Å². The van der Waals surface area contributed by atoms with E-state index in [0.717, 1.165) is 36.2 Å². The molecule has 2 heterocycles. The fraction of sp³-hybridized carbons (Fsp3) is 0.240. The molecular weight excluding hydrogens is 426 g/mol. The molecule has 6 nitrogen and oxygen atoms in total. The number of amides is 3. The highest BCUT2D eigenvalue weighted by Crippen LogP contribution is 2.45. The van der Waals surface area contributed by atoms with E-state index in [9.17, 15) is 9.59 Å². The molecule has 1 aromatic heterocycles. The summed E-state index contributed by atoms with van der Waals surface area (Å²) < 4.78 is 30.1. The zero-order chi connectivity index (χ0) is 23.2. The van der Waals surface area contributed by atoms with Crippen molar-refractivity contribution >= 4 is 17.6 Å². The minimum absolute atomic E-state index is 0.0871. The van der Waals surface area contributed by atoms with Crippen molar-refractivity contribution in [3.63, 3.8) is 0 Å². The number of carbonyl (C=O) groups is 2. The average Bonchev–Trinajstić information content (AvgIpc) is 3.29. The third-order valence-corrected chi connectivity index (χ3v) is 6.42. The molecule has 0 radical (unpaired) electrons. The van der Waals surface area contributed by atoms with Gasteiger partial charge in [0, 0.05) is 29.4 Å². The van der Waals surface area contributed by atoms with E-state index < -0.39 is 34.8 Å². The first-order chi connectivity index (χ1) is 15.9. The SMILES string of the molecule is CN1C(=O)N(c2c(F)cc(C#Cc3ccccc3)cc2F)C(=O)C[C@]12CCCc1[nH]ncc12. The van der Waals surface area contributed by atoms with Crippen molar-refractivity contribution in [1.82, 2.24) is 15.1 Å². The van der Waals surface area contributed by atoms with Gasteiger partial charge < -0.3 is 4.90 Å². The summed E-state index contributed by atoms with van der Waals surface area (Å²) in [5.41, 5.74) is 0.904. The maximum atomic E-state index is 15.0. The number of rotatable bonds is 1. The molecule has 5 rings (SSSR count). The Morgan fingerprint density at radius 1 is 1.06 bits per heavy atom. The molecule has 1 fully saturated rings. The number of imide groups is 1. The highest BCUT2D eigenvalue weighted by atomic mass is 19.1. The van der Waals surface area contributed by atoms with Gasteiger partial charge in [0.05, 0.1) is 18.2 Å². The summed E-state index contributed by atoms with van der Waals surface area (Å²) in [5.74, 6) is 2.85. The Kier molecular flexibility index (Phi) is 4.97. The lowest BCUT2D eigenvalue weighted by molar-refractivity contribution is -0.122. The molecule has 3 amide bonds. The zero-order valence-corrected chi connectivity index (χ0v) is 17.9. The van der Waals surface area contributed by atoms with Gasteiger partial charge in [0.1, 0.15) is 5.69 Å². The van der Waals surface area contributed by atoms with Gasteiger partial charge in [0.2, 0.25) is 5.91 Å². The number of aromatic amines is 1. The van der Waals surface area contributed by atoms with Crippen molar-refractivity contribution in [2.75, 3.05) is 11.9 Å². The number of aryl methyl sites for hydroxylation is 1. The lowest BCUT2D eigenvalue weighted by Crippen LogP contribution is -2.62. The molecule has 1 aliphatic heterocycles. The van der Waals surface area contributed by atoms with Crippen molar-refractivity contribution in [3.05, 3.63) is 82.7 Å². The minimum atomic E-state index is -1.02. The summed E-state index contributed by atoms with van der Waals surface area (Å²) in [6, 6.07) is 10.3. The fourth-order valence-electron chi connectivity index (χ4n) is 4.75. The standard InChI is InChI=1S/C25H20F2N4O2/c1-30-24(33)31(22(32)14-25(30)11-5-8-21-18(25)15-28-29-21)23-19(26)12-17(13-20(23)27)10-9-16-6-3-2-4-7-16/h2-4,6-7,12-13,15H,5,8,11,14H2,1H3,(H,28,29)/t25-/m0/s1. The lowest BCUT2D eigenvalue weighted by atomic mass is 9.75. The van der Waals surface area contributed by atoms with Crippen LogP contribution in [0.25, 0.3) is 0 Å². The Hall–Kier alpha value is -3.99. The molecule has 1 N–H and O–H groups in total. The van der Waals surface area contributed by atoms with E-state index in [0.29, 0.717) is 16.9 Å². The molecule has 1 spiro atoms. The number of hydrogen-bond donors (Lipinski definition) is 1. The summed E-state index contributed by atoms with van der Waals surface area (Å²) >= 11 is 0. The summed E-state index contributed by atoms with van der Waals surface area (Å²) in [6.07, 6.45) is 3.64. The third-order valence-electron chi connectivity index (χ3n) is 6.42. The first-order valence-electron chi connectivity index (χ1n) is 10.6. The van der Waals surface area contributed by atoms with Crippen LogP contribution in [0.5, 0.6) is 0 Å². The van der Waals surface area contributed by atoms with Crippen LogP contribution >= 0.6 is 0 Å². The van der Waals surface area contributed by atoms with Gasteiger partial charge >= 0.3 is 6.03 Å². The number of aromatic nitrogens is 2. The van der Waals surface area contributed by atoms with E-state index in [1.807, 2.05) is 18.2 Å². The maximum absolute atomic E-state index is 15.0. The number of urea groups is 1. The van der Waals surface area contributed by atoms with Gasteiger partial charge in [-0.2, -0.15) is 5.10 Å². The number of carbonyl (C=O) groups excluding carboxylic acids is 2. The number of hydrogen-bond acceptors (Lipinski definition) is 3. The van der Waals surface area contributed by atoms with E-state index >= 15 is 8.78 Å². The molecule has 1 aliphatic carbocycles. The topological polar surface area (TPSA) is 69.3 Å². The molecule has 3 aromatic rings. The number of nitrogens with zero attached hydrogens (tertiary/aromatic N) is 3. The number of anilines is 1. The molecule has 166 valence electrons. The summed E-state index contributed by atoms with van der Waals surface area (Å²) in [4.78, 5) is 28.4. The number of halogens is 2. The second kappa shape index (κ2) is 7.85. The minimum Gasteiger partial charge on any atom is -0.317 e. The number of fused-ring (bicyclic) bond motifs is 2. The maximum Gasteiger partial charge on any atom is 0.332 e. The van der Waals surface area contributed by atoms with Gasteiger partial charge in [-0.25, -0.2) is 18.5 Å². The van der Waals surface area contributed by atoms with Crippen LogP contribution in [0, 0.1) is 23.5 Å². The molecule has 8 heteroatoms. The van der Waals surface area contributed by atoms with E-state index in [1.165, 1.54) is 4.90 Å². The third kappa shape index (κ3) is 3.37. The van der Waals surface area contributed by atoms with Crippen LogP contribution in [0.1, 0.15) is 41.6 Å². The van der Waals surface area contributed by atoms with Gasteiger partial charge in [-0.15, -0.1) is 0 Å². The molecule has 0 unspecified atom stereocenters. The molecule has 33 heavy (non-hydrogen) atoms. The predicted molar refractivity (Wildman–Crippen MR) is 117 cm³/mol. The molecule has 0 saturated carbocycles. The van der Waals surface area contributed by atoms with Gasteiger partial charge in [-0.1, -0.05) is 30.0 Å². The van der Waals surface area contributed by atoms with E-state index in [1.54, 1.807) is 25.4 Å². The monoisotopic (exact) mass is 446 g/mol. The largest absolute Gasteiger partial charge is 0.332 e. The molecular formula is C25H20F2N4O2. The fourth-order valence-corrected chi connectivity index (χ4v) is 4.75. The normalized spacial score (nSPS) is 20.0. The van der Waals surface area contributed by atoms with Crippen molar-refractivity contribution in [2.45, 2.75) is 31.2 Å². The Morgan fingerprint density at radius 3 is 2.48 bits per heavy atom. The van der Waals surface area contributed by atoms with Crippen LogP contribution in [0.2, 0.25) is 0 Å². The zero-order valence-electron chi connectivity index (χ0n) is 17.9. The van der Waals surface area contributed by atoms with Crippen molar-refractivity contribution in [3.8, 4) is 11.8 Å². The smallest absolute Gasteiger partial charge is 0.317 e. The predicted octanol–water partition coefficient (Wildman–Crippen LogP) is 4.11. The Bertz CT molecular complexity index is 1300. The molecule has 1 saturated heterocycles. The van der Waals surface area contributed by atoms with E-state index in [4.69, 9.17) is 0 Å². The number of nitrogens with one attached hydrogen (secondary N) is 1. The van der Waals surface area contributed by atoms with Crippen LogP contribution in [0.15, 0.2) is 48.7 Å². The van der Waals surface area contributed by atoms with Crippen molar-refractivity contribution in [1.29, 1.82) is 0 Å². The highest BCUT2D eigenvalue weighted by Gasteiger charge is 2.52. The first kappa shape index (κ1) is 20.9. The summed E-state index contributed by atoms with van der Waals surface area (Å²) in [6.45, 7) is 0. The second-order valence-corrected chi connectivity index (χ2v) is 8.30. The van der Waals surface area contributed by atoms with Gasteiger partial charge in [-0.05, 0) is 43.5 Å². The number of H-pyrrole nitrogens is 1. The first-order valence-corrected chi connectivity index (χ1v) is 10.6. The Morgan fingerprint density at radius 2 is 1.76 bits per heavy atom. The highest BCUT2D eigenvalue weighted by molar-refractivity contribution is 6.16. The summed E-state index contributed by atoms with van der Waals surface area (Å²) in [5, 5.41) is 7.00. The van der Waals surface area contributed by atoms with Gasteiger partial charge in [-0.3, -0.25) is 9.89 Å². The Balaban J connectivity index is 1.49. The molecule has 2 aliphatic rings. The summed E-state index contributed by atoms with van der Waals surface area (Å²) in [7, 11) is 1.55. The lowest BCUT2D eigenvalue weighted by Gasteiger charge is -2.49. The molecule has 2 aromatic carbocycles. The van der Waals surface area contributed by atoms with E-state index in [-0.39, 0.29) is 12.0 Å². The second-order valence-electron chi connectivity index (χ2n) is 8.30. The van der Waals surface area contributed by atoms with Crippen LogP contribution in [0.4, 0.5) is 19.3 Å². The quantitative estimate of drug-likeness (QED) is 0.572. The van der Waals surface area contributed by atoms with Crippen LogP contribution in [-0.2, 0) is 16.8 Å². The van der Waals surface area contributed by atoms with Crippen LogP contribution < -0.4 is 4.90 Å². The van der Waals surface area contributed by atoms with Gasteiger partial charge in [0.15, 0.2) is 11.6 Å². The van der Waals surface area contributed by atoms with Crippen molar-refractivity contribution < 1.29 is 18.4 Å². The van der Waals surface area contributed by atoms with Crippen LogP contribution in [-0.4, -0.2) is 34.1 Å². The van der Waals surface area contributed by atoms with Crippen molar-refractivity contribution in [2.24, 2.45) is 0 Å². The number of benzene rings is 2. The van der Waals surface area contributed by atoms with Crippen LogP contribution in [0.3, 0.4) is 0 Å². The molecule has 1 atom stereocenters.